The number of phenols is 1. The zero-order valence-electron chi connectivity index (χ0n) is 12.6. The molecule has 2 aromatic carbocycles. The zero-order chi connectivity index (χ0) is 16.2. The highest BCUT2D eigenvalue weighted by molar-refractivity contribution is 8.00. The number of aromatic nitrogens is 1. The van der Waals surface area contributed by atoms with Crippen LogP contribution in [0.15, 0.2) is 65.7 Å². The van der Waals surface area contributed by atoms with Crippen LogP contribution in [0, 0.1) is 0 Å². The van der Waals surface area contributed by atoms with Gasteiger partial charge in [-0.05, 0) is 31.2 Å². The number of pyridine rings is 1. The van der Waals surface area contributed by atoms with Gasteiger partial charge in [-0.15, -0.1) is 0 Å². The van der Waals surface area contributed by atoms with Crippen molar-refractivity contribution in [3.8, 4) is 5.75 Å². The first-order valence-corrected chi connectivity index (χ1v) is 8.12. The summed E-state index contributed by atoms with van der Waals surface area (Å²) in [6, 6.07) is 18.3. The molecule has 23 heavy (non-hydrogen) atoms. The van der Waals surface area contributed by atoms with Gasteiger partial charge in [0.15, 0.2) is 0 Å². The van der Waals surface area contributed by atoms with E-state index in [0.717, 1.165) is 15.9 Å². The molecule has 4 nitrogen and oxygen atoms in total. The molecule has 0 fully saturated rings. The highest BCUT2D eigenvalue weighted by Gasteiger charge is 2.15. The van der Waals surface area contributed by atoms with Gasteiger partial charge in [-0.3, -0.25) is 4.79 Å². The van der Waals surface area contributed by atoms with E-state index in [1.807, 2.05) is 43.3 Å². The minimum atomic E-state index is -0.300. The third-order valence-corrected chi connectivity index (χ3v) is 4.39. The Kier molecular flexibility index (Phi) is 4.48. The Balaban J connectivity index is 1.69. The maximum absolute atomic E-state index is 12.3. The van der Waals surface area contributed by atoms with Gasteiger partial charge in [0, 0.05) is 17.1 Å². The lowest BCUT2D eigenvalue weighted by Crippen LogP contribution is -2.22. The maximum Gasteiger partial charge on any atom is 0.237 e. The molecule has 5 heteroatoms. The molecular weight excluding hydrogens is 308 g/mol. The normalized spacial score (nSPS) is 12.0. The zero-order valence-corrected chi connectivity index (χ0v) is 13.4. The number of carbonyl (C=O) groups is 1. The van der Waals surface area contributed by atoms with Crippen LogP contribution in [0.5, 0.6) is 5.75 Å². The summed E-state index contributed by atoms with van der Waals surface area (Å²) < 4.78 is 0. The molecule has 1 heterocycles. The lowest BCUT2D eigenvalue weighted by Gasteiger charge is -2.12. The van der Waals surface area contributed by atoms with E-state index in [-0.39, 0.29) is 16.9 Å². The summed E-state index contributed by atoms with van der Waals surface area (Å²) in [6.45, 7) is 1.83. The average molecular weight is 324 g/mol. The topological polar surface area (TPSA) is 62.2 Å². The highest BCUT2D eigenvalue weighted by atomic mass is 32.2. The minimum Gasteiger partial charge on any atom is -0.508 e. The number of nitrogens with one attached hydrogen (secondary N) is 1. The molecule has 0 bridgehead atoms. The molecule has 0 radical (unpaired) electrons. The van der Waals surface area contributed by atoms with Crippen LogP contribution in [-0.2, 0) is 4.79 Å². The van der Waals surface area contributed by atoms with E-state index in [1.165, 1.54) is 17.8 Å². The Hall–Kier alpha value is -2.53. The van der Waals surface area contributed by atoms with Crippen molar-refractivity contribution in [1.82, 2.24) is 4.98 Å². The van der Waals surface area contributed by atoms with Crippen molar-refractivity contribution in [1.29, 1.82) is 0 Å². The Morgan fingerprint density at radius 1 is 1.13 bits per heavy atom. The molecule has 2 N–H and O–H groups in total. The van der Waals surface area contributed by atoms with Gasteiger partial charge in [0.25, 0.3) is 0 Å². The fraction of sp³-hybridized carbons (Fsp3) is 0.111. The molecule has 1 amide bonds. The van der Waals surface area contributed by atoms with E-state index in [1.54, 1.807) is 18.2 Å². The first-order chi connectivity index (χ1) is 11.1. The number of aromatic hydroxyl groups is 1. The molecule has 0 aliphatic rings. The molecule has 1 atom stereocenters. The number of amides is 1. The summed E-state index contributed by atoms with van der Waals surface area (Å²) in [5.74, 6) is -0.00476. The molecule has 0 aliphatic carbocycles. The second-order valence-corrected chi connectivity index (χ2v) is 6.50. The molecule has 0 saturated carbocycles. The third-order valence-electron chi connectivity index (χ3n) is 3.35. The first-order valence-electron chi connectivity index (χ1n) is 7.24. The standard InChI is InChI=1S/C18H16N2O2S/c1-12(18(22)19-14-6-4-7-15(21)11-14)23-17-10-9-13-5-2-3-8-16(13)20-17/h2-12,21H,1H3,(H,19,22)/t12-/m0/s1. The van der Waals surface area contributed by atoms with Crippen LogP contribution in [0.2, 0.25) is 0 Å². The smallest absolute Gasteiger partial charge is 0.237 e. The number of para-hydroxylation sites is 1. The number of hydrogen-bond acceptors (Lipinski definition) is 4. The molecular formula is C18H16N2O2S. The van der Waals surface area contributed by atoms with Crippen molar-refractivity contribution >= 4 is 34.3 Å². The first kappa shape index (κ1) is 15.4. The van der Waals surface area contributed by atoms with E-state index in [4.69, 9.17) is 0 Å². The molecule has 3 aromatic rings. The molecule has 0 spiro atoms. The molecule has 0 saturated heterocycles. The predicted molar refractivity (Wildman–Crippen MR) is 93.8 cm³/mol. The highest BCUT2D eigenvalue weighted by Crippen LogP contribution is 2.25. The SMILES string of the molecule is C[C@H](Sc1ccc2ccccc2n1)C(=O)Nc1cccc(O)c1. The fourth-order valence-corrected chi connectivity index (χ4v) is 3.00. The summed E-state index contributed by atoms with van der Waals surface area (Å²) in [7, 11) is 0. The van der Waals surface area contributed by atoms with Crippen LogP contribution < -0.4 is 5.32 Å². The van der Waals surface area contributed by atoms with Gasteiger partial charge in [0.1, 0.15) is 5.75 Å². The third kappa shape index (κ3) is 3.81. The number of nitrogens with zero attached hydrogens (tertiary/aromatic N) is 1. The number of benzene rings is 2. The summed E-state index contributed by atoms with van der Waals surface area (Å²) >= 11 is 1.40. The summed E-state index contributed by atoms with van der Waals surface area (Å²) in [5, 5.41) is 13.8. The van der Waals surface area contributed by atoms with Gasteiger partial charge in [0.05, 0.1) is 15.8 Å². The molecule has 116 valence electrons. The van der Waals surface area contributed by atoms with E-state index in [2.05, 4.69) is 10.3 Å². The largest absolute Gasteiger partial charge is 0.508 e. The van der Waals surface area contributed by atoms with Crippen LogP contribution in [0.1, 0.15) is 6.92 Å². The van der Waals surface area contributed by atoms with Crippen LogP contribution in [-0.4, -0.2) is 21.2 Å². The number of hydrogen-bond donors (Lipinski definition) is 2. The number of thioether (sulfide) groups is 1. The van der Waals surface area contributed by atoms with Crippen LogP contribution in [0.25, 0.3) is 10.9 Å². The monoisotopic (exact) mass is 324 g/mol. The van der Waals surface area contributed by atoms with Gasteiger partial charge in [-0.2, -0.15) is 0 Å². The number of rotatable bonds is 4. The Morgan fingerprint density at radius 3 is 2.78 bits per heavy atom. The van der Waals surface area contributed by atoms with E-state index in [0.29, 0.717) is 5.69 Å². The summed E-state index contributed by atoms with van der Waals surface area (Å²) in [6.07, 6.45) is 0. The van der Waals surface area contributed by atoms with Crippen LogP contribution in [0.3, 0.4) is 0 Å². The van der Waals surface area contributed by atoms with Crippen molar-refractivity contribution in [3.05, 3.63) is 60.7 Å². The number of fused-ring (bicyclic) bond motifs is 1. The van der Waals surface area contributed by atoms with Gasteiger partial charge in [0.2, 0.25) is 5.91 Å². The molecule has 1 aromatic heterocycles. The second-order valence-electron chi connectivity index (χ2n) is 5.14. The van der Waals surface area contributed by atoms with E-state index in [9.17, 15) is 9.90 Å². The van der Waals surface area contributed by atoms with Crippen molar-refractivity contribution in [2.24, 2.45) is 0 Å². The van der Waals surface area contributed by atoms with Gasteiger partial charge >= 0.3 is 0 Å². The average Bonchev–Trinajstić information content (AvgIpc) is 2.54. The van der Waals surface area contributed by atoms with Gasteiger partial charge in [-0.25, -0.2) is 4.98 Å². The maximum atomic E-state index is 12.3. The van der Waals surface area contributed by atoms with Gasteiger partial charge in [-0.1, -0.05) is 42.1 Å². The second kappa shape index (κ2) is 6.71. The Morgan fingerprint density at radius 2 is 1.96 bits per heavy atom. The van der Waals surface area contributed by atoms with Crippen LogP contribution >= 0.6 is 11.8 Å². The quantitative estimate of drug-likeness (QED) is 0.711. The lowest BCUT2D eigenvalue weighted by molar-refractivity contribution is -0.115. The molecule has 0 aliphatic heterocycles. The van der Waals surface area contributed by atoms with Crippen molar-refractivity contribution < 1.29 is 9.90 Å². The minimum absolute atomic E-state index is 0.124. The number of anilines is 1. The van der Waals surface area contributed by atoms with Crippen LogP contribution in [0.4, 0.5) is 5.69 Å². The van der Waals surface area contributed by atoms with E-state index < -0.39 is 0 Å². The van der Waals surface area contributed by atoms with Crippen molar-refractivity contribution in [3.63, 3.8) is 0 Å². The summed E-state index contributed by atoms with van der Waals surface area (Å²) in [4.78, 5) is 16.8. The lowest BCUT2D eigenvalue weighted by atomic mass is 10.2. The molecule has 3 rings (SSSR count). The summed E-state index contributed by atoms with van der Waals surface area (Å²) in [5.41, 5.74) is 1.49. The van der Waals surface area contributed by atoms with E-state index >= 15 is 0 Å². The number of carbonyl (C=O) groups excluding carboxylic acids is 1. The number of phenolic OH excluding ortho intramolecular Hbond substituents is 1. The predicted octanol–water partition coefficient (Wildman–Crippen LogP) is 4.06. The fourth-order valence-electron chi connectivity index (χ4n) is 2.18. The van der Waals surface area contributed by atoms with Crippen molar-refractivity contribution in [2.75, 3.05) is 5.32 Å². The Labute approximate surface area is 138 Å². The van der Waals surface area contributed by atoms with Crippen molar-refractivity contribution in [2.45, 2.75) is 17.2 Å². The van der Waals surface area contributed by atoms with Gasteiger partial charge < -0.3 is 10.4 Å². The molecule has 0 unspecified atom stereocenters. The Bertz CT molecular complexity index is 851.